The van der Waals surface area contributed by atoms with Crippen molar-refractivity contribution in [1.82, 2.24) is 20.2 Å². The fraction of sp³-hybridized carbons (Fsp3) is 0.438. The van der Waals surface area contributed by atoms with Gasteiger partial charge in [-0.05, 0) is 31.9 Å². The molecule has 128 valence electrons. The number of nitrogen functional groups attached to an aromatic ring is 1. The molecule has 1 aliphatic rings. The molecule has 0 unspecified atom stereocenters. The SMILES string of the molecule is C[C@H](Sc1nnc(-c2cccc(Cl)c2)n1N)C(=O)NC1CCCC1. The quantitative estimate of drug-likeness (QED) is 0.628. The maximum absolute atomic E-state index is 12.3. The Kier molecular flexibility index (Phi) is 5.30. The van der Waals surface area contributed by atoms with Crippen molar-refractivity contribution < 1.29 is 4.79 Å². The number of thioether (sulfide) groups is 1. The number of hydrogen-bond acceptors (Lipinski definition) is 5. The lowest BCUT2D eigenvalue weighted by molar-refractivity contribution is -0.120. The Bertz CT molecular complexity index is 729. The molecule has 0 radical (unpaired) electrons. The molecule has 1 atom stereocenters. The summed E-state index contributed by atoms with van der Waals surface area (Å²) in [4.78, 5) is 12.3. The van der Waals surface area contributed by atoms with Gasteiger partial charge in [-0.25, -0.2) is 4.68 Å². The predicted octanol–water partition coefficient (Wildman–Crippen LogP) is 2.85. The Labute approximate surface area is 150 Å². The monoisotopic (exact) mass is 365 g/mol. The van der Waals surface area contributed by atoms with Crippen molar-refractivity contribution in [2.75, 3.05) is 5.84 Å². The second-order valence-electron chi connectivity index (χ2n) is 5.94. The lowest BCUT2D eigenvalue weighted by Crippen LogP contribution is -2.37. The zero-order valence-corrected chi connectivity index (χ0v) is 15.0. The van der Waals surface area contributed by atoms with Crippen LogP contribution in [-0.4, -0.2) is 32.1 Å². The summed E-state index contributed by atoms with van der Waals surface area (Å²) in [7, 11) is 0. The van der Waals surface area contributed by atoms with Crippen LogP contribution in [-0.2, 0) is 4.79 Å². The van der Waals surface area contributed by atoms with Crippen LogP contribution in [0, 0.1) is 0 Å². The molecule has 1 aromatic heterocycles. The van der Waals surface area contributed by atoms with Crippen molar-refractivity contribution in [3.8, 4) is 11.4 Å². The number of halogens is 1. The molecule has 0 aliphatic heterocycles. The number of rotatable bonds is 5. The molecule has 1 amide bonds. The van der Waals surface area contributed by atoms with Crippen LogP contribution < -0.4 is 11.2 Å². The van der Waals surface area contributed by atoms with Crippen LogP contribution in [0.2, 0.25) is 5.02 Å². The van der Waals surface area contributed by atoms with Gasteiger partial charge in [0.05, 0.1) is 5.25 Å². The highest BCUT2D eigenvalue weighted by Gasteiger charge is 2.23. The van der Waals surface area contributed by atoms with Crippen LogP contribution >= 0.6 is 23.4 Å². The summed E-state index contributed by atoms with van der Waals surface area (Å²) in [6.07, 6.45) is 4.50. The molecule has 2 aromatic rings. The van der Waals surface area contributed by atoms with Gasteiger partial charge in [0.15, 0.2) is 5.82 Å². The minimum Gasteiger partial charge on any atom is -0.352 e. The van der Waals surface area contributed by atoms with Gasteiger partial charge >= 0.3 is 0 Å². The van der Waals surface area contributed by atoms with Crippen molar-refractivity contribution in [1.29, 1.82) is 0 Å². The molecule has 3 rings (SSSR count). The van der Waals surface area contributed by atoms with E-state index in [0.717, 1.165) is 18.4 Å². The van der Waals surface area contributed by atoms with Crippen LogP contribution in [0.25, 0.3) is 11.4 Å². The fourth-order valence-electron chi connectivity index (χ4n) is 2.78. The van der Waals surface area contributed by atoms with Gasteiger partial charge in [0.25, 0.3) is 0 Å². The van der Waals surface area contributed by atoms with E-state index in [9.17, 15) is 4.79 Å². The third-order valence-electron chi connectivity index (χ3n) is 4.10. The Morgan fingerprint density at radius 3 is 2.88 bits per heavy atom. The lowest BCUT2D eigenvalue weighted by atomic mass is 10.2. The Balaban J connectivity index is 1.68. The molecule has 0 spiro atoms. The summed E-state index contributed by atoms with van der Waals surface area (Å²) in [5, 5.41) is 12.1. The largest absolute Gasteiger partial charge is 0.352 e. The molecule has 1 aliphatic carbocycles. The Hall–Kier alpha value is -1.73. The summed E-state index contributed by atoms with van der Waals surface area (Å²) in [6.45, 7) is 1.85. The zero-order chi connectivity index (χ0) is 17.1. The standard InChI is InChI=1S/C16H20ClN5OS/c1-10(15(23)19-13-7-2-3-8-13)24-16-21-20-14(22(16)18)11-5-4-6-12(17)9-11/h4-6,9-10,13H,2-3,7-8,18H2,1H3,(H,19,23)/t10-/m0/s1. The number of amides is 1. The first kappa shape index (κ1) is 17.1. The third kappa shape index (κ3) is 3.84. The Morgan fingerprint density at radius 2 is 2.17 bits per heavy atom. The Morgan fingerprint density at radius 1 is 1.42 bits per heavy atom. The van der Waals surface area contributed by atoms with Gasteiger partial charge in [-0.3, -0.25) is 4.79 Å². The molecule has 0 saturated heterocycles. The average Bonchev–Trinajstić information content (AvgIpc) is 3.18. The van der Waals surface area contributed by atoms with E-state index in [0.29, 0.717) is 22.0 Å². The van der Waals surface area contributed by atoms with Gasteiger partial charge in [-0.15, -0.1) is 10.2 Å². The van der Waals surface area contributed by atoms with Crippen LogP contribution in [0.1, 0.15) is 32.6 Å². The molecule has 1 aromatic carbocycles. The first-order chi connectivity index (χ1) is 11.5. The number of carbonyl (C=O) groups excluding carboxylic acids is 1. The van der Waals surface area contributed by atoms with Crippen molar-refractivity contribution in [2.24, 2.45) is 0 Å². The minimum atomic E-state index is -0.288. The van der Waals surface area contributed by atoms with Crippen LogP contribution in [0.5, 0.6) is 0 Å². The highest BCUT2D eigenvalue weighted by molar-refractivity contribution is 8.00. The average molecular weight is 366 g/mol. The molecule has 0 bridgehead atoms. The number of nitrogens with one attached hydrogen (secondary N) is 1. The maximum atomic E-state index is 12.3. The van der Waals surface area contributed by atoms with Gasteiger partial charge < -0.3 is 11.2 Å². The molecular weight excluding hydrogens is 346 g/mol. The number of carbonyl (C=O) groups is 1. The first-order valence-corrected chi connectivity index (χ1v) is 9.24. The topological polar surface area (TPSA) is 85.8 Å². The molecule has 1 fully saturated rings. The number of benzene rings is 1. The minimum absolute atomic E-state index is 0.0132. The molecule has 6 nitrogen and oxygen atoms in total. The molecule has 8 heteroatoms. The van der Waals surface area contributed by atoms with Crippen molar-refractivity contribution in [3.05, 3.63) is 29.3 Å². The van der Waals surface area contributed by atoms with Crippen molar-refractivity contribution in [3.63, 3.8) is 0 Å². The fourth-order valence-corrected chi connectivity index (χ4v) is 3.75. The van der Waals surface area contributed by atoms with E-state index >= 15 is 0 Å². The van der Waals surface area contributed by atoms with E-state index in [1.165, 1.54) is 29.3 Å². The highest BCUT2D eigenvalue weighted by atomic mass is 35.5. The normalized spacial score (nSPS) is 16.2. The smallest absolute Gasteiger partial charge is 0.233 e. The predicted molar refractivity (Wildman–Crippen MR) is 96.3 cm³/mol. The first-order valence-electron chi connectivity index (χ1n) is 7.98. The van der Waals surface area contributed by atoms with E-state index in [1.54, 1.807) is 12.1 Å². The second kappa shape index (κ2) is 7.44. The van der Waals surface area contributed by atoms with E-state index in [-0.39, 0.29) is 11.2 Å². The molecule has 3 N–H and O–H groups in total. The summed E-state index contributed by atoms with van der Waals surface area (Å²) < 4.78 is 1.40. The van der Waals surface area contributed by atoms with Gasteiger partial charge in [0.2, 0.25) is 11.1 Å². The third-order valence-corrected chi connectivity index (χ3v) is 5.39. The van der Waals surface area contributed by atoms with Gasteiger partial charge in [-0.2, -0.15) is 0 Å². The van der Waals surface area contributed by atoms with Crippen LogP contribution in [0.15, 0.2) is 29.4 Å². The second-order valence-corrected chi connectivity index (χ2v) is 7.68. The molecular formula is C16H20ClN5OS. The van der Waals surface area contributed by atoms with Crippen LogP contribution in [0.4, 0.5) is 0 Å². The lowest BCUT2D eigenvalue weighted by Gasteiger charge is -2.15. The number of nitrogens with two attached hydrogens (primary N) is 1. The van der Waals surface area contributed by atoms with Crippen LogP contribution in [0.3, 0.4) is 0 Å². The number of nitrogens with zero attached hydrogens (tertiary/aromatic N) is 3. The summed E-state index contributed by atoms with van der Waals surface area (Å²) >= 11 is 7.31. The van der Waals surface area contributed by atoms with E-state index < -0.39 is 0 Å². The van der Waals surface area contributed by atoms with Gasteiger partial charge in [0.1, 0.15) is 0 Å². The molecule has 1 heterocycles. The van der Waals surface area contributed by atoms with Crippen molar-refractivity contribution in [2.45, 2.75) is 49.1 Å². The maximum Gasteiger partial charge on any atom is 0.233 e. The number of hydrogen-bond donors (Lipinski definition) is 2. The summed E-state index contributed by atoms with van der Waals surface area (Å²) in [6, 6.07) is 7.56. The van der Waals surface area contributed by atoms with Gasteiger partial charge in [0, 0.05) is 16.6 Å². The number of aromatic nitrogens is 3. The van der Waals surface area contributed by atoms with E-state index in [1.807, 2.05) is 19.1 Å². The zero-order valence-electron chi connectivity index (χ0n) is 13.4. The van der Waals surface area contributed by atoms with E-state index in [2.05, 4.69) is 15.5 Å². The van der Waals surface area contributed by atoms with Crippen molar-refractivity contribution >= 4 is 29.3 Å². The van der Waals surface area contributed by atoms with Gasteiger partial charge in [-0.1, -0.05) is 48.3 Å². The molecule has 24 heavy (non-hydrogen) atoms. The summed E-state index contributed by atoms with van der Waals surface area (Å²) in [5.41, 5.74) is 0.785. The van der Waals surface area contributed by atoms with E-state index in [4.69, 9.17) is 17.4 Å². The molecule has 1 saturated carbocycles. The summed E-state index contributed by atoms with van der Waals surface area (Å²) in [5.74, 6) is 6.62. The highest BCUT2D eigenvalue weighted by Crippen LogP contribution is 2.26.